The number of carboxylic acids is 1. The Balaban J connectivity index is 2.12. The van der Waals surface area contributed by atoms with Crippen LogP contribution in [0, 0.1) is 11.3 Å². The van der Waals surface area contributed by atoms with E-state index in [9.17, 15) is 4.79 Å². The fraction of sp³-hybridized carbons (Fsp3) is 0.0667. The van der Waals surface area contributed by atoms with Crippen LogP contribution in [0.3, 0.4) is 0 Å². The van der Waals surface area contributed by atoms with Crippen LogP contribution in [0.1, 0.15) is 10.5 Å². The molecule has 1 N–H and O–H groups in total. The quantitative estimate of drug-likeness (QED) is 0.845. The SMILES string of the molecule is N#C/C=C/COc1ccc(-c2nccc(C(=O)O)n2)cc1. The van der Waals surface area contributed by atoms with Crippen molar-refractivity contribution < 1.29 is 14.6 Å². The third-order valence-corrected chi connectivity index (χ3v) is 2.53. The molecule has 0 fully saturated rings. The maximum absolute atomic E-state index is 10.9. The highest BCUT2D eigenvalue weighted by Gasteiger charge is 2.07. The first-order chi connectivity index (χ1) is 10.2. The molecule has 0 saturated heterocycles. The fourth-order valence-electron chi connectivity index (χ4n) is 1.56. The molecule has 0 radical (unpaired) electrons. The van der Waals surface area contributed by atoms with E-state index in [4.69, 9.17) is 15.1 Å². The summed E-state index contributed by atoms with van der Waals surface area (Å²) in [6.07, 6.45) is 4.36. The number of rotatable bonds is 5. The number of carbonyl (C=O) groups is 1. The third kappa shape index (κ3) is 3.88. The third-order valence-electron chi connectivity index (χ3n) is 2.53. The molecular formula is C15H11N3O3. The van der Waals surface area contributed by atoms with Crippen molar-refractivity contribution in [1.82, 2.24) is 9.97 Å². The van der Waals surface area contributed by atoms with Crippen LogP contribution in [0.4, 0.5) is 0 Å². The van der Waals surface area contributed by atoms with Crippen molar-refractivity contribution in [2.24, 2.45) is 0 Å². The highest BCUT2D eigenvalue weighted by molar-refractivity contribution is 5.85. The zero-order valence-electron chi connectivity index (χ0n) is 10.9. The number of ether oxygens (including phenoxy) is 1. The van der Waals surface area contributed by atoms with Crippen molar-refractivity contribution in [2.75, 3.05) is 6.61 Å². The van der Waals surface area contributed by atoms with E-state index < -0.39 is 5.97 Å². The van der Waals surface area contributed by atoms with E-state index in [1.54, 1.807) is 30.3 Å². The molecule has 0 saturated carbocycles. The Bertz CT molecular complexity index is 703. The number of aromatic nitrogens is 2. The summed E-state index contributed by atoms with van der Waals surface area (Å²) in [4.78, 5) is 18.9. The topological polar surface area (TPSA) is 96.1 Å². The Morgan fingerprint density at radius 3 is 2.76 bits per heavy atom. The monoisotopic (exact) mass is 281 g/mol. The van der Waals surface area contributed by atoms with E-state index in [2.05, 4.69) is 9.97 Å². The molecule has 1 heterocycles. The maximum Gasteiger partial charge on any atom is 0.354 e. The Hall–Kier alpha value is -3.20. The van der Waals surface area contributed by atoms with Crippen molar-refractivity contribution in [3.8, 4) is 23.2 Å². The summed E-state index contributed by atoms with van der Waals surface area (Å²) in [6.45, 7) is 0.303. The van der Waals surface area contributed by atoms with Gasteiger partial charge in [-0.05, 0) is 36.4 Å². The van der Waals surface area contributed by atoms with Gasteiger partial charge in [-0.2, -0.15) is 5.26 Å². The molecule has 6 heteroatoms. The van der Waals surface area contributed by atoms with Gasteiger partial charge in [0.15, 0.2) is 11.5 Å². The average Bonchev–Trinajstić information content (AvgIpc) is 2.52. The zero-order chi connectivity index (χ0) is 15.1. The first-order valence-electron chi connectivity index (χ1n) is 6.05. The van der Waals surface area contributed by atoms with Gasteiger partial charge in [0.25, 0.3) is 0 Å². The smallest absolute Gasteiger partial charge is 0.354 e. The largest absolute Gasteiger partial charge is 0.490 e. The predicted octanol–water partition coefficient (Wildman–Crippen LogP) is 2.30. The van der Waals surface area contributed by atoms with Crippen molar-refractivity contribution in [1.29, 1.82) is 5.26 Å². The van der Waals surface area contributed by atoms with Gasteiger partial charge < -0.3 is 9.84 Å². The number of nitriles is 1. The molecule has 104 valence electrons. The highest BCUT2D eigenvalue weighted by Crippen LogP contribution is 2.19. The number of allylic oxidation sites excluding steroid dienone is 1. The second-order valence-corrected chi connectivity index (χ2v) is 3.94. The summed E-state index contributed by atoms with van der Waals surface area (Å²) in [5.74, 6) is -0.121. The summed E-state index contributed by atoms with van der Waals surface area (Å²) < 4.78 is 5.39. The van der Waals surface area contributed by atoms with Crippen molar-refractivity contribution in [3.05, 3.63) is 54.4 Å². The molecule has 21 heavy (non-hydrogen) atoms. The van der Waals surface area contributed by atoms with Crippen LogP contribution in [-0.2, 0) is 0 Å². The highest BCUT2D eigenvalue weighted by atomic mass is 16.5. The Morgan fingerprint density at radius 1 is 1.33 bits per heavy atom. The van der Waals surface area contributed by atoms with Crippen molar-refractivity contribution >= 4 is 5.97 Å². The van der Waals surface area contributed by atoms with Crippen LogP contribution in [-0.4, -0.2) is 27.7 Å². The normalized spacial score (nSPS) is 10.2. The van der Waals surface area contributed by atoms with Crippen molar-refractivity contribution in [3.63, 3.8) is 0 Å². The van der Waals surface area contributed by atoms with E-state index >= 15 is 0 Å². The van der Waals surface area contributed by atoms with E-state index in [0.717, 1.165) is 0 Å². The molecule has 0 aliphatic rings. The molecular weight excluding hydrogens is 270 g/mol. The first-order valence-corrected chi connectivity index (χ1v) is 6.05. The number of carboxylic acid groups (broad SMARTS) is 1. The second-order valence-electron chi connectivity index (χ2n) is 3.94. The van der Waals surface area contributed by atoms with Crippen LogP contribution < -0.4 is 4.74 Å². The summed E-state index contributed by atoms with van der Waals surface area (Å²) in [5.41, 5.74) is 0.639. The van der Waals surface area contributed by atoms with Gasteiger partial charge >= 0.3 is 5.97 Å². The van der Waals surface area contributed by atoms with Gasteiger partial charge in [0.2, 0.25) is 0 Å². The van der Waals surface area contributed by atoms with Crippen LogP contribution in [0.25, 0.3) is 11.4 Å². The van der Waals surface area contributed by atoms with Crippen LogP contribution in [0.15, 0.2) is 48.7 Å². The average molecular weight is 281 g/mol. The van der Waals surface area contributed by atoms with E-state index in [0.29, 0.717) is 23.7 Å². The number of hydrogen-bond acceptors (Lipinski definition) is 5. The number of aromatic carboxylic acids is 1. The molecule has 0 aliphatic heterocycles. The molecule has 0 amide bonds. The lowest BCUT2D eigenvalue weighted by Gasteiger charge is -2.05. The lowest BCUT2D eigenvalue weighted by atomic mass is 10.2. The molecule has 0 atom stereocenters. The number of benzene rings is 1. The van der Waals surface area contributed by atoms with Crippen LogP contribution in [0.2, 0.25) is 0 Å². The molecule has 0 bridgehead atoms. The van der Waals surface area contributed by atoms with Gasteiger partial charge in [-0.25, -0.2) is 14.8 Å². The Kier molecular flexibility index (Phi) is 4.62. The minimum atomic E-state index is -1.09. The molecule has 0 aliphatic carbocycles. The first kappa shape index (κ1) is 14.2. The fourth-order valence-corrected chi connectivity index (χ4v) is 1.56. The summed E-state index contributed by atoms with van der Waals surface area (Å²) in [5, 5.41) is 17.2. The lowest BCUT2D eigenvalue weighted by molar-refractivity contribution is 0.0690. The van der Waals surface area contributed by atoms with E-state index in [1.165, 1.54) is 18.3 Å². The number of nitrogens with zero attached hydrogens (tertiary/aromatic N) is 3. The van der Waals surface area contributed by atoms with Gasteiger partial charge in [-0.3, -0.25) is 0 Å². The Labute approximate surface area is 121 Å². The summed E-state index contributed by atoms with van der Waals surface area (Å²) in [7, 11) is 0. The van der Waals surface area contributed by atoms with Crippen LogP contribution in [0.5, 0.6) is 5.75 Å². The molecule has 0 spiro atoms. The van der Waals surface area contributed by atoms with Gasteiger partial charge in [0.1, 0.15) is 12.4 Å². The molecule has 2 rings (SSSR count). The maximum atomic E-state index is 10.9. The van der Waals surface area contributed by atoms with E-state index in [1.807, 2.05) is 6.07 Å². The molecule has 1 aromatic carbocycles. The Morgan fingerprint density at radius 2 is 2.10 bits per heavy atom. The minimum absolute atomic E-state index is 0.0537. The number of hydrogen-bond donors (Lipinski definition) is 1. The predicted molar refractivity (Wildman–Crippen MR) is 74.7 cm³/mol. The van der Waals surface area contributed by atoms with Crippen LogP contribution >= 0.6 is 0 Å². The lowest BCUT2D eigenvalue weighted by Crippen LogP contribution is -2.02. The van der Waals surface area contributed by atoms with Crippen molar-refractivity contribution in [2.45, 2.75) is 0 Å². The summed E-state index contributed by atoms with van der Waals surface area (Å²) in [6, 6.07) is 10.1. The van der Waals surface area contributed by atoms with Gasteiger partial charge in [-0.15, -0.1) is 0 Å². The minimum Gasteiger partial charge on any atom is -0.490 e. The standard InChI is InChI=1S/C15H11N3O3/c16-8-1-2-10-21-12-5-3-11(4-6-12)14-17-9-7-13(18-14)15(19)20/h1-7,9H,10H2,(H,19,20)/b2-1+. The second kappa shape index (κ2) is 6.82. The molecule has 6 nitrogen and oxygen atoms in total. The van der Waals surface area contributed by atoms with Gasteiger partial charge in [-0.1, -0.05) is 0 Å². The molecule has 2 aromatic rings. The molecule has 0 unspecified atom stereocenters. The molecule has 1 aromatic heterocycles. The summed E-state index contributed by atoms with van der Waals surface area (Å²) >= 11 is 0. The van der Waals surface area contributed by atoms with Gasteiger partial charge in [0.05, 0.1) is 6.07 Å². The zero-order valence-corrected chi connectivity index (χ0v) is 10.9. The van der Waals surface area contributed by atoms with E-state index in [-0.39, 0.29) is 5.69 Å². The van der Waals surface area contributed by atoms with Gasteiger partial charge in [0, 0.05) is 17.8 Å².